The van der Waals surface area contributed by atoms with E-state index in [0.29, 0.717) is 12.1 Å². The number of hydrogen-bond acceptors (Lipinski definition) is 2. The summed E-state index contributed by atoms with van der Waals surface area (Å²) in [6.45, 7) is 2.38. The van der Waals surface area contributed by atoms with Gasteiger partial charge in [-0.3, -0.25) is 4.90 Å². The molecule has 2 aliphatic heterocycles. The Kier molecular flexibility index (Phi) is 3.97. The summed E-state index contributed by atoms with van der Waals surface area (Å²) in [6, 6.07) is 11.3. The number of rotatable bonds is 3. The Balaban J connectivity index is 1.67. The first-order chi connectivity index (χ1) is 9.13. The highest BCUT2D eigenvalue weighted by Gasteiger charge is 2.41. The lowest BCUT2D eigenvalue weighted by Gasteiger charge is -2.41. The van der Waals surface area contributed by atoms with Gasteiger partial charge in [0.2, 0.25) is 0 Å². The molecule has 2 fully saturated rings. The van der Waals surface area contributed by atoms with E-state index in [1.807, 2.05) is 0 Å². The van der Waals surface area contributed by atoms with E-state index in [1.54, 1.807) is 0 Å². The van der Waals surface area contributed by atoms with E-state index < -0.39 is 0 Å². The summed E-state index contributed by atoms with van der Waals surface area (Å²) in [4.78, 5) is 2.76. The van der Waals surface area contributed by atoms with Crippen molar-refractivity contribution in [2.45, 2.75) is 63.2 Å². The standard InChI is InChI=1S/C16H23BrN2/c1-11(8-12-2-4-13(17)5-3-12)19-15-6-7-16(19)10-14(18)9-15/h2-5,11,14-16H,6-10,18H2,1H3. The molecule has 1 aromatic rings. The van der Waals surface area contributed by atoms with Gasteiger partial charge in [0, 0.05) is 28.6 Å². The van der Waals surface area contributed by atoms with E-state index in [9.17, 15) is 0 Å². The SMILES string of the molecule is CC(Cc1ccc(Br)cc1)N1C2CCC1CC(N)C2. The molecular weight excluding hydrogens is 300 g/mol. The number of piperidine rings is 1. The molecule has 2 aliphatic rings. The van der Waals surface area contributed by atoms with Gasteiger partial charge in [-0.15, -0.1) is 0 Å². The zero-order valence-corrected chi connectivity index (χ0v) is 13.1. The lowest BCUT2D eigenvalue weighted by atomic mass is 9.94. The molecule has 2 heterocycles. The monoisotopic (exact) mass is 322 g/mol. The van der Waals surface area contributed by atoms with Gasteiger partial charge in [0.05, 0.1) is 0 Å². The molecule has 1 aromatic carbocycles. The van der Waals surface area contributed by atoms with E-state index in [1.165, 1.54) is 31.2 Å². The van der Waals surface area contributed by atoms with E-state index in [2.05, 4.69) is 52.0 Å². The molecule has 2 nitrogen and oxygen atoms in total. The fraction of sp³-hybridized carbons (Fsp3) is 0.625. The Morgan fingerprint density at radius 2 is 1.79 bits per heavy atom. The van der Waals surface area contributed by atoms with Crippen LogP contribution in [0, 0.1) is 0 Å². The van der Waals surface area contributed by atoms with Crippen molar-refractivity contribution in [3.8, 4) is 0 Å². The molecule has 2 N–H and O–H groups in total. The molecular formula is C16H23BrN2. The van der Waals surface area contributed by atoms with Gasteiger partial charge in [-0.2, -0.15) is 0 Å². The van der Waals surface area contributed by atoms with Crippen LogP contribution in [0.25, 0.3) is 0 Å². The van der Waals surface area contributed by atoms with Crippen molar-refractivity contribution >= 4 is 15.9 Å². The average Bonchev–Trinajstić information content (AvgIpc) is 2.65. The maximum absolute atomic E-state index is 6.16. The second-order valence-electron chi connectivity index (χ2n) is 6.24. The van der Waals surface area contributed by atoms with Crippen LogP contribution in [0.1, 0.15) is 38.2 Å². The smallest absolute Gasteiger partial charge is 0.0175 e. The summed E-state index contributed by atoms with van der Waals surface area (Å²) in [5.74, 6) is 0. The Labute approximate surface area is 124 Å². The minimum Gasteiger partial charge on any atom is -0.328 e. The van der Waals surface area contributed by atoms with E-state index >= 15 is 0 Å². The van der Waals surface area contributed by atoms with Crippen LogP contribution in [0.15, 0.2) is 28.7 Å². The van der Waals surface area contributed by atoms with Crippen LogP contribution in [-0.4, -0.2) is 29.1 Å². The number of halogens is 1. The molecule has 3 unspecified atom stereocenters. The van der Waals surface area contributed by atoms with Gasteiger partial charge in [0.1, 0.15) is 0 Å². The average molecular weight is 323 g/mol. The van der Waals surface area contributed by atoms with Crippen LogP contribution in [0.4, 0.5) is 0 Å². The van der Waals surface area contributed by atoms with Crippen molar-refractivity contribution in [2.75, 3.05) is 0 Å². The summed E-state index contributed by atoms with van der Waals surface area (Å²) in [5.41, 5.74) is 7.59. The van der Waals surface area contributed by atoms with Gasteiger partial charge in [-0.05, 0) is 56.7 Å². The molecule has 3 atom stereocenters. The molecule has 0 saturated carbocycles. The second kappa shape index (κ2) is 5.55. The molecule has 0 aromatic heterocycles. The van der Waals surface area contributed by atoms with Crippen molar-refractivity contribution in [2.24, 2.45) is 5.73 Å². The largest absolute Gasteiger partial charge is 0.328 e. The van der Waals surface area contributed by atoms with Crippen molar-refractivity contribution in [1.82, 2.24) is 4.90 Å². The topological polar surface area (TPSA) is 29.3 Å². The summed E-state index contributed by atoms with van der Waals surface area (Å²) < 4.78 is 1.16. The minimum atomic E-state index is 0.439. The fourth-order valence-corrected chi connectivity index (χ4v) is 4.31. The van der Waals surface area contributed by atoms with Crippen LogP contribution < -0.4 is 5.73 Å². The number of benzene rings is 1. The third-order valence-electron chi connectivity index (χ3n) is 4.78. The van der Waals surface area contributed by atoms with Crippen molar-refractivity contribution in [3.63, 3.8) is 0 Å². The van der Waals surface area contributed by atoms with E-state index in [-0.39, 0.29) is 0 Å². The molecule has 104 valence electrons. The predicted molar refractivity (Wildman–Crippen MR) is 83.2 cm³/mol. The zero-order chi connectivity index (χ0) is 13.4. The minimum absolute atomic E-state index is 0.439. The molecule has 0 radical (unpaired) electrons. The highest BCUT2D eigenvalue weighted by atomic mass is 79.9. The first-order valence-corrected chi connectivity index (χ1v) is 8.20. The van der Waals surface area contributed by atoms with Crippen LogP contribution in [0.2, 0.25) is 0 Å². The second-order valence-corrected chi connectivity index (χ2v) is 7.16. The van der Waals surface area contributed by atoms with E-state index in [0.717, 1.165) is 23.0 Å². The zero-order valence-electron chi connectivity index (χ0n) is 11.6. The van der Waals surface area contributed by atoms with Gasteiger partial charge < -0.3 is 5.73 Å². The summed E-state index contributed by atoms with van der Waals surface area (Å²) >= 11 is 3.50. The first kappa shape index (κ1) is 13.6. The molecule has 2 bridgehead atoms. The van der Waals surface area contributed by atoms with Gasteiger partial charge in [0.15, 0.2) is 0 Å². The van der Waals surface area contributed by atoms with Gasteiger partial charge >= 0.3 is 0 Å². The van der Waals surface area contributed by atoms with Crippen LogP contribution in [0.5, 0.6) is 0 Å². The third-order valence-corrected chi connectivity index (χ3v) is 5.31. The molecule has 3 heteroatoms. The van der Waals surface area contributed by atoms with Gasteiger partial charge in [-0.25, -0.2) is 0 Å². The molecule has 19 heavy (non-hydrogen) atoms. The first-order valence-electron chi connectivity index (χ1n) is 7.41. The Morgan fingerprint density at radius 3 is 2.37 bits per heavy atom. The van der Waals surface area contributed by atoms with Crippen molar-refractivity contribution < 1.29 is 0 Å². The molecule has 2 saturated heterocycles. The van der Waals surface area contributed by atoms with E-state index in [4.69, 9.17) is 5.73 Å². The maximum Gasteiger partial charge on any atom is 0.0175 e. The van der Waals surface area contributed by atoms with Gasteiger partial charge in [0.25, 0.3) is 0 Å². The number of nitrogens with zero attached hydrogens (tertiary/aromatic N) is 1. The third kappa shape index (κ3) is 2.88. The number of fused-ring (bicyclic) bond motifs is 2. The lowest BCUT2D eigenvalue weighted by Crippen LogP contribution is -2.51. The molecule has 3 rings (SSSR count). The van der Waals surface area contributed by atoms with Gasteiger partial charge in [-0.1, -0.05) is 28.1 Å². The fourth-order valence-electron chi connectivity index (χ4n) is 4.04. The molecule has 0 spiro atoms. The molecule has 0 aliphatic carbocycles. The highest BCUT2D eigenvalue weighted by Crippen LogP contribution is 2.37. The van der Waals surface area contributed by atoms with Crippen LogP contribution in [-0.2, 0) is 6.42 Å². The lowest BCUT2D eigenvalue weighted by molar-refractivity contribution is 0.0855. The Hall–Kier alpha value is -0.380. The van der Waals surface area contributed by atoms with Crippen molar-refractivity contribution in [1.29, 1.82) is 0 Å². The number of nitrogens with two attached hydrogens (primary N) is 1. The summed E-state index contributed by atoms with van der Waals surface area (Å²) in [6.07, 6.45) is 6.24. The highest BCUT2D eigenvalue weighted by molar-refractivity contribution is 9.10. The van der Waals surface area contributed by atoms with Crippen LogP contribution >= 0.6 is 15.9 Å². The Morgan fingerprint density at radius 1 is 1.21 bits per heavy atom. The van der Waals surface area contributed by atoms with Crippen LogP contribution in [0.3, 0.4) is 0 Å². The normalized spacial score (nSPS) is 32.5. The Bertz CT molecular complexity index is 417. The summed E-state index contributed by atoms with van der Waals surface area (Å²) in [7, 11) is 0. The maximum atomic E-state index is 6.16. The quantitative estimate of drug-likeness (QED) is 0.924. The predicted octanol–water partition coefficient (Wildman–Crippen LogP) is 3.33. The molecule has 0 amide bonds. The van der Waals surface area contributed by atoms with Crippen molar-refractivity contribution in [3.05, 3.63) is 34.3 Å². The number of hydrogen-bond donors (Lipinski definition) is 1. The summed E-state index contributed by atoms with van der Waals surface area (Å²) in [5, 5.41) is 0.